The lowest BCUT2D eigenvalue weighted by molar-refractivity contribution is -0.111. The number of rotatable bonds is 8. The number of aromatic nitrogens is 5. The van der Waals surface area contributed by atoms with Crippen molar-refractivity contribution in [1.29, 1.82) is 0 Å². The minimum absolute atomic E-state index is 0.107. The Morgan fingerprint density at radius 3 is 2.67 bits per heavy atom. The van der Waals surface area contributed by atoms with E-state index in [0.29, 0.717) is 42.4 Å². The summed E-state index contributed by atoms with van der Waals surface area (Å²) in [4.78, 5) is 44.9. The van der Waals surface area contributed by atoms with Crippen LogP contribution in [0.5, 0.6) is 0 Å². The highest BCUT2D eigenvalue weighted by Crippen LogP contribution is 2.26. The second-order valence-corrected chi connectivity index (χ2v) is 8.82. The van der Waals surface area contributed by atoms with E-state index in [1.165, 1.54) is 31.0 Å². The molecule has 3 N–H and O–H groups in total. The number of anilines is 4. The first-order valence-corrected chi connectivity index (χ1v) is 12.2. The summed E-state index contributed by atoms with van der Waals surface area (Å²) in [7, 11) is 0. The number of β-amino-alcohol motifs (C(OH)–C–C–N with tert-alkyl or cyclic N) is 1. The molecule has 1 saturated heterocycles. The fraction of sp³-hybridized carbons (Fsp3) is 0.231. The van der Waals surface area contributed by atoms with Gasteiger partial charge in [-0.3, -0.25) is 24.0 Å². The molecule has 4 aromatic rings. The van der Waals surface area contributed by atoms with Crippen molar-refractivity contribution in [1.82, 2.24) is 29.4 Å². The third kappa shape index (κ3) is 5.73. The highest BCUT2D eigenvalue weighted by atomic mass is 19.1. The molecule has 4 heterocycles. The summed E-state index contributed by atoms with van der Waals surface area (Å²) in [6.45, 7) is 6.98. The number of hydrogen-bond acceptors (Lipinski definition) is 10. The van der Waals surface area contributed by atoms with E-state index in [4.69, 9.17) is 5.11 Å². The Bertz CT molecular complexity index is 1580. The van der Waals surface area contributed by atoms with Crippen LogP contribution in [-0.2, 0) is 4.79 Å². The van der Waals surface area contributed by atoms with Crippen LogP contribution in [0, 0.1) is 5.82 Å². The Kier molecular flexibility index (Phi) is 7.52. The predicted octanol–water partition coefficient (Wildman–Crippen LogP) is 1.69. The largest absolute Gasteiger partial charge is 0.395 e. The Morgan fingerprint density at radius 1 is 1.10 bits per heavy atom. The Morgan fingerprint density at radius 2 is 1.92 bits per heavy atom. The van der Waals surface area contributed by atoms with Gasteiger partial charge in [0.25, 0.3) is 5.56 Å². The molecular formula is C26H26FN9O3. The van der Waals surface area contributed by atoms with Crippen LogP contribution in [0.3, 0.4) is 0 Å². The molecule has 39 heavy (non-hydrogen) atoms. The van der Waals surface area contributed by atoms with Crippen molar-refractivity contribution in [3.63, 3.8) is 0 Å². The molecule has 200 valence electrons. The fourth-order valence-corrected chi connectivity index (χ4v) is 4.34. The second-order valence-electron chi connectivity index (χ2n) is 8.82. The fourth-order valence-electron chi connectivity index (χ4n) is 4.34. The number of nitrogens with zero attached hydrogens (tertiary/aromatic N) is 7. The van der Waals surface area contributed by atoms with Gasteiger partial charge in [0, 0.05) is 44.6 Å². The third-order valence-corrected chi connectivity index (χ3v) is 6.31. The number of fused-ring (bicyclic) bond motifs is 1. The number of nitrogens with one attached hydrogen (secondary N) is 2. The zero-order chi connectivity index (χ0) is 27.4. The molecule has 0 unspecified atom stereocenters. The van der Waals surface area contributed by atoms with E-state index in [1.807, 2.05) is 4.90 Å². The van der Waals surface area contributed by atoms with Gasteiger partial charge in [0.1, 0.15) is 17.5 Å². The molecule has 1 aliphatic heterocycles. The molecule has 5 rings (SSSR count). The zero-order valence-electron chi connectivity index (χ0n) is 20.9. The molecule has 1 aromatic carbocycles. The van der Waals surface area contributed by atoms with Crippen molar-refractivity contribution < 1.29 is 14.3 Å². The minimum Gasteiger partial charge on any atom is -0.395 e. The van der Waals surface area contributed by atoms with Crippen LogP contribution in [0.1, 0.15) is 0 Å². The first kappa shape index (κ1) is 25.9. The van der Waals surface area contributed by atoms with Gasteiger partial charge in [-0.25, -0.2) is 9.37 Å². The predicted molar refractivity (Wildman–Crippen MR) is 145 cm³/mol. The Labute approximate surface area is 222 Å². The molecule has 0 radical (unpaired) electrons. The third-order valence-electron chi connectivity index (χ3n) is 6.31. The summed E-state index contributed by atoms with van der Waals surface area (Å²) < 4.78 is 16.6. The number of halogens is 1. The van der Waals surface area contributed by atoms with Crippen LogP contribution in [0.4, 0.5) is 27.4 Å². The molecule has 13 heteroatoms. The van der Waals surface area contributed by atoms with E-state index in [9.17, 15) is 9.59 Å². The zero-order valence-corrected chi connectivity index (χ0v) is 20.9. The number of aliphatic hydroxyl groups is 1. The van der Waals surface area contributed by atoms with Crippen molar-refractivity contribution in [3.8, 4) is 5.69 Å². The van der Waals surface area contributed by atoms with Gasteiger partial charge in [-0.05, 0) is 30.3 Å². The van der Waals surface area contributed by atoms with Crippen LogP contribution < -0.4 is 21.1 Å². The van der Waals surface area contributed by atoms with Gasteiger partial charge >= 0.3 is 0 Å². The second kappa shape index (κ2) is 11.3. The van der Waals surface area contributed by atoms with Crippen LogP contribution in [0.15, 0.2) is 66.6 Å². The van der Waals surface area contributed by atoms with Gasteiger partial charge in [-0.2, -0.15) is 9.97 Å². The van der Waals surface area contributed by atoms with Gasteiger partial charge < -0.3 is 20.6 Å². The SMILES string of the molecule is C=CC(=O)Nc1cncc(-n2cnc(=O)c3cnc(Nc4ccc(N5CCN(CCO)CC5)c(F)c4)nc32)c1. The van der Waals surface area contributed by atoms with Gasteiger partial charge in [-0.1, -0.05) is 6.58 Å². The number of carbonyl (C=O) groups is 1. The minimum atomic E-state index is -0.508. The van der Waals surface area contributed by atoms with Crippen molar-refractivity contribution in [2.75, 3.05) is 54.9 Å². The van der Waals surface area contributed by atoms with Gasteiger partial charge in [0.05, 0.1) is 36.1 Å². The number of amides is 1. The first-order chi connectivity index (χ1) is 18.9. The van der Waals surface area contributed by atoms with Gasteiger partial charge in [0.15, 0.2) is 5.65 Å². The van der Waals surface area contributed by atoms with Crippen LogP contribution in [0.25, 0.3) is 16.7 Å². The maximum Gasteiger partial charge on any atom is 0.283 e. The van der Waals surface area contributed by atoms with Crippen molar-refractivity contribution >= 4 is 40.0 Å². The highest BCUT2D eigenvalue weighted by molar-refractivity contribution is 5.98. The van der Waals surface area contributed by atoms with E-state index < -0.39 is 11.5 Å². The van der Waals surface area contributed by atoms with E-state index in [1.54, 1.807) is 22.8 Å². The van der Waals surface area contributed by atoms with Crippen LogP contribution in [0.2, 0.25) is 0 Å². The lowest BCUT2D eigenvalue weighted by Crippen LogP contribution is -2.47. The number of carbonyl (C=O) groups excluding carboxylic acids is 1. The maximum absolute atomic E-state index is 15.1. The maximum atomic E-state index is 15.1. The molecule has 0 bridgehead atoms. The van der Waals surface area contributed by atoms with Crippen molar-refractivity contribution in [3.05, 3.63) is 78.0 Å². The standard InChI is InChI=1S/C26H26FN9O3/c1-2-23(38)31-18-11-19(14-28-13-18)36-16-30-25(39)20-15-29-26(33-24(20)36)32-17-3-4-22(21(27)12-17)35-7-5-34(6-8-35)9-10-37/h2-4,11-16,37H,1,5-10H2,(H,31,38)(H,29,32,33). The monoisotopic (exact) mass is 531 g/mol. The Hall–Kier alpha value is -4.75. The summed E-state index contributed by atoms with van der Waals surface area (Å²) in [6.07, 6.45) is 6.80. The molecule has 3 aromatic heterocycles. The molecule has 1 aliphatic rings. The summed E-state index contributed by atoms with van der Waals surface area (Å²) >= 11 is 0. The van der Waals surface area contributed by atoms with Crippen LogP contribution in [-0.4, -0.2) is 79.7 Å². The number of benzene rings is 1. The van der Waals surface area contributed by atoms with E-state index in [0.717, 1.165) is 19.2 Å². The summed E-state index contributed by atoms with van der Waals surface area (Å²) in [6, 6.07) is 6.46. The molecular weight excluding hydrogens is 505 g/mol. The quantitative estimate of drug-likeness (QED) is 0.288. The van der Waals surface area contributed by atoms with Crippen molar-refractivity contribution in [2.45, 2.75) is 0 Å². The summed E-state index contributed by atoms with van der Waals surface area (Å²) in [5, 5.41) is 14.9. The average Bonchev–Trinajstić information content (AvgIpc) is 2.94. The molecule has 1 amide bonds. The lowest BCUT2D eigenvalue weighted by atomic mass is 10.2. The molecule has 0 atom stereocenters. The molecule has 0 saturated carbocycles. The molecule has 1 fully saturated rings. The number of hydrogen-bond donors (Lipinski definition) is 3. The number of aliphatic hydroxyl groups excluding tert-OH is 1. The molecule has 0 spiro atoms. The normalized spacial score (nSPS) is 13.8. The van der Waals surface area contributed by atoms with E-state index >= 15 is 4.39 Å². The number of piperazine rings is 1. The van der Waals surface area contributed by atoms with E-state index in [2.05, 4.69) is 42.0 Å². The average molecular weight is 532 g/mol. The smallest absolute Gasteiger partial charge is 0.283 e. The molecule has 0 aliphatic carbocycles. The summed E-state index contributed by atoms with van der Waals surface area (Å²) in [5.74, 6) is -0.634. The van der Waals surface area contributed by atoms with E-state index in [-0.39, 0.29) is 29.4 Å². The van der Waals surface area contributed by atoms with Gasteiger partial charge in [0.2, 0.25) is 11.9 Å². The summed E-state index contributed by atoms with van der Waals surface area (Å²) in [5.41, 5.74) is 1.59. The topological polar surface area (TPSA) is 141 Å². The lowest BCUT2D eigenvalue weighted by Gasteiger charge is -2.36. The Balaban J connectivity index is 1.40. The van der Waals surface area contributed by atoms with Gasteiger partial charge in [-0.15, -0.1) is 0 Å². The number of pyridine rings is 1. The van der Waals surface area contributed by atoms with Crippen LogP contribution >= 0.6 is 0 Å². The molecule has 12 nitrogen and oxygen atoms in total. The highest BCUT2D eigenvalue weighted by Gasteiger charge is 2.19. The van der Waals surface area contributed by atoms with Crippen molar-refractivity contribution in [2.24, 2.45) is 0 Å². The first-order valence-electron chi connectivity index (χ1n) is 12.2.